The third-order valence-electron chi connectivity index (χ3n) is 2.12. The van der Waals surface area contributed by atoms with Crippen LogP contribution in [0.15, 0.2) is 0 Å². The van der Waals surface area contributed by atoms with Crippen LogP contribution in [0.1, 0.15) is 19.8 Å². The van der Waals surface area contributed by atoms with Gasteiger partial charge in [-0.1, -0.05) is 6.92 Å². The second-order valence-electron chi connectivity index (χ2n) is 2.61. The van der Waals surface area contributed by atoms with Gasteiger partial charge < -0.3 is 17.5 Å². The van der Waals surface area contributed by atoms with Crippen LogP contribution < -0.4 is 12.4 Å². The first kappa shape index (κ1) is 10.2. The summed E-state index contributed by atoms with van der Waals surface area (Å²) in [5.41, 5.74) is 0. The summed E-state index contributed by atoms with van der Waals surface area (Å²) >= 11 is 0. The van der Waals surface area contributed by atoms with Gasteiger partial charge in [0.2, 0.25) is 0 Å². The summed E-state index contributed by atoms with van der Waals surface area (Å²) in [5.74, 6) is 0. The number of aliphatic hydroxyl groups excluding tert-OH is 1. The van der Waals surface area contributed by atoms with Crippen LogP contribution in [0, 0.1) is 0 Å². The zero-order valence-corrected chi connectivity index (χ0v) is 7.14. The minimum atomic E-state index is 0. The number of likely N-dealkylation sites (N-methyl/N-ethyl adjacent to an activating group) is 1. The molecule has 1 rings (SSSR count). The summed E-state index contributed by atoms with van der Waals surface area (Å²) in [5, 5.41) is 8.83. The summed E-state index contributed by atoms with van der Waals surface area (Å²) in [7, 11) is 0. The number of hydrogen-bond donors (Lipinski definition) is 1. The van der Waals surface area contributed by atoms with E-state index < -0.39 is 0 Å². The number of aliphatic hydroxyl groups is 1. The van der Waals surface area contributed by atoms with Crippen LogP contribution in [0.3, 0.4) is 0 Å². The molecule has 0 saturated carbocycles. The Balaban J connectivity index is 0.000000810. The van der Waals surface area contributed by atoms with Crippen molar-refractivity contribution in [3.8, 4) is 0 Å². The van der Waals surface area contributed by atoms with Crippen LogP contribution in [0.25, 0.3) is 0 Å². The highest BCUT2D eigenvalue weighted by molar-refractivity contribution is 4.76. The maximum atomic E-state index is 8.83. The number of nitrogens with zero attached hydrogens (tertiary/aromatic N) is 1. The van der Waals surface area contributed by atoms with E-state index in [1.807, 2.05) is 0 Å². The molecule has 0 aromatic heterocycles. The quantitative estimate of drug-likeness (QED) is 0.487. The zero-order valence-electron chi connectivity index (χ0n) is 6.39. The van der Waals surface area contributed by atoms with Gasteiger partial charge in [0.15, 0.2) is 0 Å². The average molecular weight is 165 g/mol. The van der Waals surface area contributed by atoms with E-state index in [1.54, 1.807) is 0 Å². The first-order valence-corrected chi connectivity index (χ1v) is 3.73. The van der Waals surface area contributed by atoms with E-state index >= 15 is 0 Å². The topological polar surface area (TPSA) is 23.5 Å². The lowest BCUT2D eigenvalue weighted by Crippen LogP contribution is -3.00. The molecule has 1 saturated heterocycles. The molecular formula is C7H15ClNO-. The molecule has 3 heteroatoms. The summed E-state index contributed by atoms with van der Waals surface area (Å²) in [6.07, 6.45) is 2.45. The Morgan fingerprint density at radius 1 is 1.60 bits per heavy atom. The fourth-order valence-electron chi connectivity index (χ4n) is 1.52. The van der Waals surface area contributed by atoms with Crippen molar-refractivity contribution in [2.45, 2.75) is 25.8 Å². The molecule has 1 heterocycles. The van der Waals surface area contributed by atoms with Crippen molar-refractivity contribution in [2.24, 2.45) is 0 Å². The highest BCUT2D eigenvalue weighted by Crippen LogP contribution is 2.14. The van der Waals surface area contributed by atoms with Crippen LogP contribution in [-0.4, -0.2) is 35.7 Å². The van der Waals surface area contributed by atoms with E-state index in [0.717, 1.165) is 6.54 Å². The Kier molecular flexibility index (Phi) is 5.04. The van der Waals surface area contributed by atoms with Crippen LogP contribution in [0.5, 0.6) is 0 Å². The van der Waals surface area contributed by atoms with Crippen LogP contribution in [0.2, 0.25) is 0 Å². The predicted octanol–water partition coefficient (Wildman–Crippen LogP) is -2.53. The van der Waals surface area contributed by atoms with Gasteiger partial charge in [0, 0.05) is 6.04 Å². The molecule has 0 bridgehead atoms. The van der Waals surface area contributed by atoms with Crippen molar-refractivity contribution >= 4 is 0 Å². The van der Waals surface area contributed by atoms with Gasteiger partial charge in [0.05, 0.1) is 6.61 Å². The number of likely N-dealkylation sites (tertiary alicyclic amines) is 1. The lowest BCUT2D eigenvalue weighted by Gasteiger charge is -2.19. The van der Waals surface area contributed by atoms with E-state index in [-0.39, 0.29) is 12.4 Å². The monoisotopic (exact) mass is 164 g/mol. The van der Waals surface area contributed by atoms with Crippen molar-refractivity contribution in [3.63, 3.8) is 0 Å². The van der Waals surface area contributed by atoms with Crippen LogP contribution >= 0.6 is 0 Å². The van der Waals surface area contributed by atoms with Gasteiger partial charge in [-0.05, 0) is 25.9 Å². The standard InChI is InChI=1S/C7H15NO.ClH/c1-2-8-5-3-4-7(8)6-9;/h7,9H,2-6H2,1H3;1H/p-1. The Hall–Kier alpha value is 0.210. The third kappa shape index (κ3) is 2.11. The molecule has 62 valence electrons. The summed E-state index contributed by atoms with van der Waals surface area (Å²) < 4.78 is 0. The SMILES string of the molecule is CCN1CCCC1CO.[Cl-]. The van der Waals surface area contributed by atoms with Crippen molar-refractivity contribution in [2.75, 3.05) is 19.7 Å². The predicted molar refractivity (Wildman–Crippen MR) is 37.4 cm³/mol. The van der Waals surface area contributed by atoms with Crippen molar-refractivity contribution < 1.29 is 17.5 Å². The van der Waals surface area contributed by atoms with Gasteiger partial charge in [0.25, 0.3) is 0 Å². The maximum Gasteiger partial charge on any atom is 0.0586 e. The molecule has 2 nitrogen and oxygen atoms in total. The van der Waals surface area contributed by atoms with E-state index in [4.69, 9.17) is 5.11 Å². The lowest BCUT2D eigenvalue weighted by atomic mass is 10.2. The molecule has 0 aromatic rings. The Morgan fingerprint density at radius 2 is 2.30 bits per heavy atom. The second kappa shape index (κ2) is 4.94. The smallest absolute Gasteiger partial charge is 0.0586 e. The minimum absolute atomic E-state index is 0. The van der Waals surface area contributed by atoms with Gasteiger partial charge >= 0.3 is 0 Å². The first-order valence-electron chi connectivity index (χ1n) is 3.73. The van der Waals surface area contributed by atoms with E-state index in [2.05, 4.69) is 11.8 Å². The highest BCUT2D eigenvalue weighted by atomic mass is 35.5. The average Bonchev–Trinajstić information content (AvgIpc) is 2.33. The largest absolute Gasteiger partial charge is 1.00 e. The molecule has 0 amide bonds. The molecule has 1 N–H and O–H groups in total. The Labute approximate surface area is 68.6 Å². The highest BCUT2D eigenvalue weighted by Gasteiger charge is 2.21. The molecule has 10 heavy (non-hydrogen) atoms. The van der Waals surface area contributed by atoms with Crippen molar-refractivity contribution in [1.29, 1.82) is 0 Å². The van der Waals surface area contributed by atoms with Gasteiger partial charge in [-0.2, -0.15) is 0 Å². The molecule has 1 aliphatic heterocycles. The lowest BCUT2D eigenvalue weighted by molar-refractivity contribution is -0.00000298. The molecule has 0 spiro atoms. The molecule has 1 unspecified atom stereocenters. The fourth-order valence-corrected chi connectivity index (χ4v) is 1.52. The van der Waals surface area contributed by atoms with E-state index in [9.17, 15) is 0 Å². The van der Waals surface area contributed by atoms with E-state index in [1.165, 1.54) is 19.4 Å². The van der Waals surface area contributed by atoms with E-state index in [0.29, 0.717) is 12.6 Å². The number of halogens is 1. The molecule has 1 fully saturated rings. The number of hydrogen-bond acceptors (Lipinski definition) is 2. The van der Waals surface area contributed by atoms with Gasteiger partial charge in [0.1, 0.15) is 0 Å². The van der Waals surface area contributed by atoms with Gasteiger partial charge in [-0.3, -0.25) is 4.90 Å². The molecular weight excluding hydrogens is 150 g/mol. The Bertz CT molecular complexity index is 79.7. The zero-order chi connectivity index (χ0) is 6.69. The summed E-state index contributed by atoms with van der Waals surface area (Å²) in [6.45, 7) is 4.76. The normalized spacial score (nSPS) is 26.4. The molecule has 0 aliphatic carbocycles. The molecule has 1 aliphatic rings. The van der Waals surface area contributed by atoms with Crippen molar-refractivity contribution in [3.05, 3.63) is 0 Å². The van der Waals surface area contributed by atoms with Crippen LogP contribution in [0.4, 0.5) is 0 Å². The molecule has 0 radical (unpaired) electrons. The summed E-state index contributed by atoms with van der Waals surface area (Å²) in [4.78, 5) is 2.33. The first-order chi connectivity index (χ1) is 4.38. The van der Waals surface area contributed by atoms with Gasteiger partial charge in [-0.25, -0.2) is 0 Å². The third-order valence-corrected chi connectivity index (χ3v) is 2.12. The molecule has 0 aromatic carbocycles. The minimum Gasteiger partial charge on any atom is -1.00 e. The van der Waals surface area contributed by atoms with Crippen molar-refractivity contribution in [1.82, 2.24) is 4.90 Å². The maximum absolute atomic E-state index is 8.83. The number of rotatable bonds is 2. The second-order valence-corrected chi connectivity index (χ2v) is 2.61. The van der Waals surface area contributed by atoms with Gasteiger partial charge in [-0.15, -0.1) is 0 Å². The fraction of sp³-hybridized carbons (Fsp3) is 1.00. The summed E-state index contributed by atoms with van der Waals surface area (Å²) in [6, 6.07) is 0.468. The molecule has 1 atom stereocenters. The Morgan fingerprint density at radius 3 is 2.70 bits per heavy atom. The van der Waals surface area contributed by atoms with Crippen LogP contribution in [-0.2, 0) is 0 Å².